The Labute approximate surface area is 108 Å². The highest BCUT2D eigenvalue weighted by Gasteiger charge is 2.21. The van der Waals surface area contributed by atoms with Gasteiger partial charge in [-0.3, -0.25) is 4.79 Å². The van der Waals surface area contributed by atoms with Crippen molar-refractivity contribution in [3.8, 4) is 0 Å². The number of ether oxygens (including phenoxy) is 2. The summed E-state index contributed by atoms with van der Waals surface area (Å²) >= 11 is 3.99. The van der Waals surface area contributed by atoms with Gasteiger partial charge in [0, 0.05) is 26.2 Å². The minimum absolute atomic E-state index is 0.214. The number of amides is 1. The summed E-state index contributed by atoms with van der Waals surface area (Å²) in [6.45, 7) is 5.41. The molecule has 0 aliphatic carbocycles. The molecule has 0 aliphatic heterocycles. The van der Waals surface area contributed by atoms with E-state index in [-0.39, 0.29) is 23.9 Å². The van der Waals surface area contributed by atoms with Crippen molar-refractivity contribution < 1.29 is 19.1 Å². The molecule has 0 heterocycles. The minimum Gasteiger partial charge on any atom is -0.464 e. The van der Waals surface area contributed by atoms with Gasteiger partial charge >= 0.3 is 5.97 Å². The Bertz CT molecular complexity index is 268. The summed E-state index contributed by atoms with van der Waals surface area (Å²) in [5.74, 6) is -0.535. The van der Waals surface area contributed by atoms with Gasteiger partial charge in [-0.05, 0) is 13.8 Å². The van der Waals surface area contributed by atoms with E-state index in [9.17, 15) is 9.59 Å². The van der Waals surface area contributed by atoms with Crippen molar-refractivity contribution in [3.05, 3.63) is 0 Å². The molecule has 0 bridgehead atoms. The molecule has 0 fully saturated rings. The van der Waals surface area contributed by atoms with E-state index < -0.39 is 12.0 Å². The van der Waals surface area contributed by atoms with E-state index in [1.807, 2.05) is 13.8 Å². The summed E-state index contributed by atoms with van der Waals surface area (Å²) in [4.78, 5) is 22.4. The quantitative estimate of drug-likeness (QED) is 0.526. The fourth-order valence-corrected chi connectivity index (χ4v) is 1.26. The number of hydrogen-bond acceptors (Lipinski definition) is 5. The number of esters is 1. The van der Waals surface area contributed by atoms with Crippen LogP contribution in [0.5, 0.6) is 0 Å². The first-order valence-electron chi connectivity index (χ1n) is 5.42. The Morgan fingerprint density at radius 1 is 1.41 bits per heavy atom. The molecular formula is C11H21NO4S. The molecule has 0 aromatic carbocycles. The molecule has 0 saturated carbocycles. The standard InChI is InChI=1S/C11H21NO4S/c1-8(13)12-9(7-17)10(14)16-6-5-11(2,3)15-4/h9,17H,5-7H2,1-4H3,(H,12,13)/t9-/m0/s1. The summed E-state index contributed by atoms with van der Waals surface area (Å²) < 4.78 is 10.2. The van der Waals surface area contributed by atoms with Crippen LogP contribution in [0.4, 0.5) is 0 Å². The van der Waals surface area contributed by atoms with Gasteiger partial charge in [0.25, 0.3) is 0 Å². The molecule has 0 aromatic heterocycles. The minimum atomic E-state index is -0.693. The fourth-order valence-electron chi connectivity index (χ4n) is 1.02. The van der Waals surface area contributed by atoms with Gasteiger partial charge in [0.1, 0.15) is 6.04 Å². The molecule has 1 N–H and O–H groups in total. The monoisotopic (exact) mass is 263 g/mol. The lowest BCUT2D eigenvalue weighted by molar-refractivity contribution is -0.148. The van der Waals surface area contributed by atoms with Gasteiger partial charge in [-0.25, -0.2) is 4.79 Å². The predicted molar refractivity (Wildman–Crippen MR) is 68.1 cm³/mol. The van der Waals surface area contributed by atoms with Crippen molar-refractivity contribution >= 4 is 24.5 Å². The highest BCUT2D eigenvalue weighted by atomic mass is 32.1. The summed E-state index contributed by atoms with van der Waals surface area (Å²) in [7, 11) is 1.61. The van der Waals surface area contributed by atoms with Crippen molar-refractivity contribution in [2.45, 2.75) is 38.8 Å². The maximum atomic E-state index is 11.6. The Hall–Kier alpha value is -0.750. The highest BCUT2D eigenvalue weighted by Crippen LogP contribution is 2.12. The second-order valence-electron chi connectivity index (χ2n) is 4.32. The summed E-state index contributed by atoms with van der Waals surface area (Å²) in [5, 5.41) is 2.47. The molecule has 0 aromatic rings. The van der Waals surface area contributed by atoms with Gasteiger partial charge in [-0.15, -0.1) is 0 Å². The maximum absolute atomic E-state index is 11.6. The smallest absolute Gasteiger partial charge is 0.329 e. The Balaban J connectivity index is 4.03. The van der Waals surface area contributed by atoms with E-state index in [4.69, 9.17) is 9.47 Å². The van der Waals surface area contributed by atoms with Gasteiger partial charge in [0.05, 0.1) is 12.2 Å². The number of thiol groups is 1. The van der Waals surface area contributed by atoms with Crippen LogP contribution in [0.2, 0.25) is 0 Å². The van der Waals surface area contributed by atoms with Crippen LogP contribution in [0.3, 0.4) is 0 Å². The zero-order chi connectivity index (χ0) is 13.5. The molecule has 0 radical (unpaired) electrons. The molecule has 17 heavy (non-hydrogen) atoms. The summed E-state index contributed by atoms with van der Waals surface area (Å²) in [6.07, 6.45) is 0.592. The summed E-state index contributed by atoms with van der Waals surface area (Å²) in [5.41, 5.74) is -0.329. The molecule has 0 aliphatic rings. The van der Waals surface area contributed by atoms with Crippen LogP contribution in [0.25, 0.3) is 0 Å². The molecule has 1 atom stereocenters. The predicted octanol–water partition coefficient (Wildman–Crippen LogP) is 0.779. The number of nitrogens with one attached hydrogen (secondary N) is 1. The molecule has 1 amide bonds. The van der Waals surface area contributed by atoms with Crippen LogP contribution in [0, 0.1) is 0 Å². The van der Waals surface area contributed by atoms with Gasteiger partial charge < -0.3 is 14.8 Å². The van der Waals surface area contributed by atoms with Crippen LogP contribution < -0.4 is 5.32 Å². The van der Waals surface area contributed by atoms with E-state index in [0.717, 1.165) is 0 Å². The molecule has 5 nitrogen and oxygen atoms in total. The van der Waals surface area contributed by atoms with E-state index in [2.05, 4.69) is 17.9 Å². The van der Waals surface area contributed by atoms with Crippen LogP contribution in [0.15, 0.2) is 0 Å². The number of carbonyl (C=O) groups is 2. The number of hydrogen-bond donors (Lipinski definition) is 2. The number of methoxy groups -OCH3 is 1. The Morgan fingerprint density at radius 2 is 2.00 bits per heavy atom. The van der Waals surface area contributed by atoms with Crippen molar-refractivity contribution in [3.63, 3.8) is 0 Å². The van der Waals surface area contributed by atoms with Gasteiger partial charge in [0.15, 0.2) is 0 Å². The Kier molecular flexibility index (Phi) is 7.22. The average molecular weight is 263 g/mol. The van der Waals surface area contributed by atoms with Crippen LogP contribution >= 0.6 is 12.6 Å². The SMILES string of the molecule is COC(C)(C)CCOC(=O)[C@H](CS)NC(C)=O. The van der Waals surface area contributed by atoms with Crippen molar-refractivity contribution in [1.82, 2.24) is 5.32 Å². The first kappa shape index (κ1) is 16.2. The normalized spacial score (nSPS) is 13.0. The lowest BCUT2D eigenvalue weighted by Gasteiger charge is -2.23. The fraction of sp³-hybridized carbons (Fsp3) is 0.818. The lowest BCUT2D eigenvalue weighted by atomic mass is 10.1. The van der Waals surface area contributed by atoms with Crippen LogP contribution in [-0.4, -0.2) is 43.0 Å². The molecule has 0 saturated heterocycles. The largest absolute Gasteiger partial charge is 0.464 e. The third kappa shape index (κ3) is 7.23. The third-order valence-corrected chi connectivity index (χ3v) is 2.71. The molecule has 6 heteroatoms. The van der Waals surface area contributed by atoms with Crippen LogP contribution in [0.1, 0.15) is 27.2 Å². The zero-order valence-corrected chi connectivity index (χ0v) is 11.7. The van der Waals surface area contributed by atoms with Crippen LogP contribution in [-0.2, 0) is 19.1 Å². The molecule has 0 unspecified atom stereocenters. The van der Waals surface area contributed by atoms with Gasteiger partial charge in [-0.1, -0.05) is 0 Å². The molecule has 0 rings (SSSR count). The summed E-state index contributed by atoms with van der Waals surface area (Å²) in [6, 6.07) is -0.693. The number of rotatable bonds is 7. The van der Waals surface area contributed by atoms with Gasteiger partial charge in [0.2, 0.25) is 5.91 Å². The lowest BCUT2D eigenvalue weighted by Crippen LogP contribution is -2.42. The average Bonchev–Trinajstić information content (AvgIpc) is 2.25. The highest BCUT2D eigenvalue weighted by molar-refractivity contribution is 7.80. The van der Waals surface area contributed by atoms with E-state index in [1.54, 1.807) is 7.11 Å². The topological polar surface area (TPSA) is 64.6 Å². The van der Waals surface area contributed by atoms with Crippen molar-refractivity contribution in [1.29, 1.82) is 0 Å². The van der Waals surface area contributed by atoms with E-state index in [1.165, 1.54) is 6.92 Å². The second kappa shape index (κ2) is 7.55. The molecule has 0 spiro atoms. The maximum Gasteiger partial charge on any atom is 0.329 e. The molecular weight excluding hydrogens is 242 g/mol. The third-order valence-electron chi connectivity index (χ3n) is 2.35. The second-order valence-corrected chi connectivity index (χ2v) is 4.68. The first-order valence-corrected chi connectivity index (χ1v) is 6.05. The molecule has 100 valence electrons. The van der Waals surface area contributed by atoms with Crippen molar-refractivity contribution in [2.75, 3.05) is 19.5 Å². The first-order chi connectivity index (χ1) is 7.82. The van der Waals surface area contributed by atoms with Gasteiger partial charge in [-0.2, -0.15) is 12.6 Å². The van der Waals surface area contributed by atoms with E-state index in [0.29, 0.717) is 6.42 Å². The van der Waals surface area contributed by atoms with Crippen molar-refractivity contribution in [2.24, 2.45) is 0 Å². The van der Waals surface area contributed by atoms with E-state index >= 15 is 0 Å². The number of carbonyl (C=O) groups excluding carboxylic acids is 2. The Morgan fingerprint density at radius 3 is 2.41 bits per heavy atom. The zero-order valence-electron chi connectivity index (χ0n) is 10.8.